The van der Waals surface area contributed by atoms with Gasteiger partial charge in [0.25, 0.3) is 0 Å². The number of hydrogen-bond acceptors (Lipinski definition) is 9. The minimum absolute atomic E-state index is 0.0244. The quantitative estimate of drug-likeness (QED) is 0.505. The fourth-order valence-corrected chi connectivity index (χ4v) is 4.95. The predicted molar refractivity (Wildman–Crippen MR) is 136 cm³/mol. The number of anilines is 3. The van der Waals surface area contributed by atoms with E-state index in [2.05, 4.69) is 25.2 Å². The van der Waals surface area contributed by atoms with Crippen molar-refractivity contribution in [3.05, 3.63) is 35.5 Å². The Morgan fingerprint density at radius 1 is 1.16 bits per heavy atom. The Labute approximate surface area is 218 Å². The van der Waals surface area contributed by atoms with E-state index in [4.69, 9.17) is 26.1 Å². The van der Waals surface area contributed by atoms with Gasteiger partial charge in [0.2, 0.25) is 5.95 Å². The van der Waals surface area contributed by atoms with E-state index in [0.29, 0.717) is 41.6 Å². The molecule has 2 saturated heterocycles. The predicted octanol–water partition coefficient (Wildman–Crippen LogP) is 4.70. The third-order valence-electron chi connectivity index (χ3n) is 6.61. The molecule has 0 unspecified atom stereocenters. The van der Waals surface area contributed by atoms with Crippen LogP contribution in [0.5, 0.6) is 5.75 Å². The molecule has 2 bridgehead atoms. The van der Waals surface area contributed by atoms with Gasteiger partial charge in [0.1, 0.15) is 33.7 Å². The maximum atomic E-state index is 15.0. The van der Waals surface area contributed by atoms with Gasteiger partial charge in [-0.25, -0.2) is 29.1 Å². The number of ether oxygens (including phenoxy) is 2. The number of carbonyl (C=O) groups is 1. The van der Waals surface area contributed by atoms with Crippen molar-refractivity contribution < 1.29 is 18.7 Å². The molecule has 194 valence electrons. The van der Waals surface area contributed by atoms with Gasteiger partial charge in [-0.15, -0.1) is 0 Å². The molecule has 1 N–H and O–H groups in total. The summed E-state index contributed by atoms with van der Waals surface area (Å²) in [5.74, 6) is 0.543. The summed E-state index contributed by atoms with van der Waals surface area (Å²) in [6.45, 7) is 6.71. The number of nitrogens with zero attached hydrogens (tertiary/aromatic N) is 6. The van der Waals surface area contributed by atoms with Crippen LogP contribution in [0.4, 0.5) is 26.6 Å². The number of benzene rings is 1. The van der Waals surface area contributed by atoms with Crippen LogP contribution in [0, 0.1) is 5.82 Å². The van der Waals surface area contributed by atoms with E-state index in [9.17, 15) is 4.79 Å². The molecule has 1 saturated carbocycles. The molecule has 3 aliphatic rings. The Morgan fingerprint density at radius 2 is 1.97 bits per heavy atom. The summed E-state index contributed by atoms with van der Waals surface area (Å²) in [7, 11) is 0. The molecule has 10 nitrogen and oxygen atoms in total. The number of fused-ring (bicyclic) bond motifs is 3. The molecule has 4 heterocycles. The van der Waals surface area contributed by atoms with Crippen LogP contribution in [-0.4, -0.2) is 67.8 Å². The molecule has 1 aromatic carbocycles. The van der Waals surface area contributed by atoms with Gasteiger partial charge in [0.15, 0.2) is 11.6 Å². The molecule has 12 heteroatoms. The summed E-state index contributed by atoms with van der Waals surface area (Å²) in [5, 5.41) is 2.93. The molecule has 2 atom stereocenters. The first kappa shape index (κ1) is 23.9. The first-order valence-corrected chi connectivity index (χ1v) is 12.7. The number of amides is 1. The fraction of sp³-hybridized carbons (Fsp3) is 0.480. The van der Waals surface area contributed by atoms with Crippen molar-refractivity contribution in [3.8, 4) is 5.75 Å². The zero-order valence-electron chi connectivity index (χ0n) is 20.7. The Balaban J connectivity index is 1.23. The first-order valence-electron chi connectivity index (χ1n) is 12.3. The molecule has 0 spiro atoms. The second-order valence-corrected chi connectivity index (χ2v) is 11.0. The average Bonchev–Trinajstić information content (AvgIpc) is 3.44. The molecule has 1 amide bonds. The third-order valence-corrected chi connectivity index (χ3v) is 6.96. The topological polar surface area (TPSA) is 106 Å². The van der Waals surface area contributed by atoms with E-state index in [1.807, 2.05) is 20.8 Å². The molecule has 1 aliphatic carbocycles. The van der Waals surface area contributed by atoms with Gasteiger partial charge < -0.3 is 24.6 Å². The van der Waals surface area contributed by atoms with E-state index in [0.717, 1.165) is 19.3 Å². The van der Waals surface area contributed by atoms with Gasteiger partial charge in [-0.05, 0) is 52.2 Å². The molecule has 0 radical (unpaired) electrons. The fourth-order valence-electron chi connectivity index (χ4n) is 4.74. The standard InChI is InChI=1S/C25H27ClFN7O3/c1-25(2,3)37-24(35)34-11-13-8-14(34)10-33(13)23-28-9-17-21(32-23)22(30-12-29-17)31-16-6-7-18(19(26)20(16)27)36-15-4-5-15/h6-7,9,12-15H,4-5,8,10-11H2,1-3H3,(H,29,30,31)/t13-,14-/m0/s1. The molecular formula is C25H27ClFN7O3. The maximum absolute atomic E-state index is 15.0. The minimum atomic E-state index is -0.625. The van der Waals surface area contributed by atoms with Crippen molar-refractivity contribution in [2.75, 3.05) is 23.3 Å². The Bertz CT molecular complexity index is 1380. The minimum Gasteiger partial charge on any atom is -0.489 e. The smallest absolute Gasteiger partial charge is 0.410 e. The molecule has 37 heavy (non-hydrogen) atoms. The number of piperazine rings is 1. The van der Waals surface area contributed by atoms with E-state index < -0.39 is 11.4 Å². The third kappa shape index (κ3) is 4.68. The van der Waals surface area contributed by atoms with Crippen LogP contribution in [-0.2, 0) is 4.74 Å². The Kier molecular flexibility index (Phi) is 5.70. The highest BCUT2D eigenvalue weighted by Gasteiger charge is 2.47. The number of hydrogen-bond donors (Lipinski definition) is 1. The summed E-state index contributed by atoms with van der Waals surface area (Å²) in [5.41, 5.74) is 0.577. The SMILES string of the molecule is CC(C)(C)OC(=O)N1C[C@@H]2C[C@H]1CN2c1ncc2ncnc(Nc3ccc(OC4CC4)c(Cl)c3F)c2n1. The summed E-state index contributed by atoms with van der Waals surface area (Å²) in [6, 6.07) is 3.31. The lowest BCUT2D eigenvalue weighted by atomic mass is 10.2. The van der Waals surface area contributed by atoms with Crippen LogP contribution in [0.1, 0.15) is 40.0 Å². The van der Waals surface area contributed by atoms with Crippen LogP contribution >= 0.6 is 11.6 Å². The van der Waals surface area contributed by atoms with Crippen LogP contribution in [0.25, 0.3) is 11.0 Å². The lowest BCUT2D eigenvalue weighted by Gasteiger charge is -2.35. The van der Waals surface area contributed by atoms with Crippen LogP contribution in [0.15, 0.2) is 24.7 Å². The lowest BCUT2D eigenvalue weighted by molar-refractivity contribution is 0.0214. The van der Waals surface area contributed by atoms with E-state index in [1.165, 1.54) is 6.33 Å². The van der Waals surface area contributed by atoms with Crippen molar-refractivity contribution in [1.29, 1.82) is 0 Å². The molecule has 2 aromatic heterocycles. The monoisotopic (exact) mass is 527 g/mol. The van der Waals surface area contributed by atoms with Gasteiger partial charge in [-0.2, -0.15) is 0 Å². The number of carbonyl (C=O) groups excluding carboxylic acids is 1. The number of likely N-dealkylation sites (tertiary alicyclic amines) is 1. The normalized spacial score (nSPS) is 21.0. The van der Waals surface area contributed by atoms with Crippen LogP contribution in [0.2, 0.25) is 5.02 Å². The van der Waals surface area contributed by atoms with Gasteiger partial charge in [-0.3, -0.25) is 0 Å². The Morgan fingerprint density at radius 3 is 2.68 bits per heavy atom. The highest BCUT2D eigenvalue weighted by atomic mass is 35.5. The highest BCUT2D eigenvalue weighted by Crippen LogP contribution is 2.38. The Hall–Kier alpha value is -3.47. The highest BCUT2D eigenvalue weighted by molar-refractivity contribution is 6.32. The molecule has 3 fully saturated rings. The van der Waals surface area contributed by atoms with Gasteiger partial charge in [0, 0.05) is 13.1 Å². The number of aromatic nitrogens is 4. The van der Waals surface area contributed by atoms with Gasteiger partial charge >= 0.3 is 6.09 Å². The summed E-state index contributed by atoms with van der Waals surface area (Å²) < 4.78 is 26.3. The summed E-state index contributed by atoms with van der Waals surface area (Å²) in [6.07, 6.45) is 5.51. The number of halogens is 2. The van der Waals surface area contributed by atoms with Crippen LogP contribution < -0.4 is 15.0 Å². The van der Waals surface area contributed by atoms with E-state index in [1.54, 1.807) is 23.2 Å². The first-order chi connectivity index (χ1) is 17.7. The number of rotatable bonds is 5. The van der Waals surface area contributed by atoms with E-state index >= 15 is 4.39 Å². The van der Waals surface area contributed by atoms with Gasteiger partial charge in [0.05, 0.1) is 30.1 Å². The molecule has 3 aromatic rings. The average molecular weight is 528 g/mol. The summed E-state index contributed by atoms with van der Waals surface area (Å²) in [4.78, 5) is 34.3. The molecular weight excluding hydrogens is 501 g/mol. The molecule has 6 rings (SSSR count). The second-order valence-electron chi connectivity index (χ2n) is 10.6. The zero-order chi connectivity index (χ0) is 25.9. The van der Waals surface area contributed by atoms with Crippen molar-refractivity contribution in [1.82, 2.24) is 24.8 Å². The van der Waals surface area contributed by atoms with Crippen molar-refractivity contribution in [3.63, 3.8) is 0 Å². The van der Waals surface area contributed by atoms with Gasteiger partial charge in [-0.1, -0.05) is 11.6 Å². The van der Waals surface area contributed by atoms with Crippen LogP contribution in [0.3, 0.4) is 0 Å². The largest absolute Gasteiger partial charge is 0.489 e. The van der Waals surface area contributed by atoms with Crippen molar-refractivity contribution in [2.45, 2.75) is 63.8 Å². The van der Waals surface area contributed by atoms with Crippen molar-refractivity contribution in [2.24, 2.45) is 0 Å². The number of nitrogens with one attached hydrogen (secondary N) is 1. The maximum Gasteiger partial charge on any atom is 0.410 e. The molecule has 2 aliphatic heterocycles. The lowest BCUT2D eigenvalue weighted by Crippen LogP contribution is -2.50. The second kappa shape index (κ2) is 8.83. The summed E-state index contributed by atoms with van der Waals surface area (Å²) >= 11 is 6.23. The van der Waals surface area contributed by atoms with Crippen molar-refractivity contribution >= 4 is 46.2 Å². The zero-order valence-corrected chi connectivity index (χ0v) is 21.5. The van der Waals surface area contributed by atoms with E-state index in [-0.39, 0.29) is 35.0 Å².